The highest BCUT2D eigenvalue weighted by Gasteiger charge is 2.34. The van der Waals surface area contributed by atoms with Crippen LogP contribution in [0.1, 0.15) is 16.8 Å². The number of sulfonamides is 1. The molecule has 1 aliphatic heterocycles. The molecule has 8 nitrogen and oxygen atoms in total. The quantitative estimate of drug-likeness (QED) is 0.627. The number of halogens is 2. The monoisotopic (exact) mass is 466 g/mol. The van der Waals surface area contributed by atoms with Crippen molar-refractivity contribution in [3.63, 3.8) is 0 Å². The standard InChI is InChI=1S/C19H16Cl2N4O4S/c1-24-7-4-8-25(18-17(24)22-14-5-2-3-6-15(14)23-18)30(28,29)16-9-11(19(26)27)12(20)10-13(16)21/h2-3,5-6,9-10H,4,7-8H2,1H3,(H,26,27). The predicted octanol–water partition coefficient (Wildman–Crippen LogP) is 3.67. The van der Waals surface area contributed by atoms with Crippen molar-refractivity contribution in [2.45, 2.75) is 11.3 Å². The van der Waals surface area contributed by atoms with Gasteiger partial charge in [-0.2, -0.15) is 0 Å². The molecule has 0 bridgehead atoms. The average Bonchev–Trinajstić information content (AvgIpc) is 2.85. The van der Waals surface area contributed by atoms with Crippen molar-refractivity contribution in [2.24, 2.45) is 0 Å². The number of para-hydroxylation sites is 2. The highest BCUT2D eigenvalue weighted by atomic mass is 35.5. The molecule has 4 rings (SSSR count). The van der Waals surface area contributed by atoms with E-state index in [1.807, 2.05) is 18.0 Å². The van der Waals surface area contributed by atoms with Gasteiger partial charge in [0, 0.05) is 20.1 Å². The third-order valence-electron chi connectivity index (χ3n) is 4.81. The second-order valence-electron chi connectivity index (χ2n) is 6.78. The molecule has 0 radical (unpaired) electrons. The Morgan fingerprint density at radius 2 is 1.67 bits per heavy atom. The van der Waals surface area contributed by atoms with Gasteiger partial charge in [0.2, 0.25) is 0 Å². The molecule has 0 spiro atoms. The number of anilines is 2. The maximum Gasteiger partial charge on any atom is 0.337 e. The Morgan fingerprint density at radius 1 is 1.03 bits per heavy atom. The van der Waals surface area contributed by atoms with Gasteiger partial charge in [-0.1, -0.05) is 35.3 Å². The summed E-state index contributed by atoms with van der Waals surface area (Å²) >= 11 is 12.1. The molecule has 2 aromatic carbocycles. The number of aromatic carboxylic acids is 1. The van der Waals surface area contributed by atoms with Crippen LogP contribution in [0.2, 0.25) is 10.0 Å². The van der Waals surface area contributed by atoms with Crippen LogP contribution < -0.4 is 9.21 Å². The summed E-state index contributed by atoms with van der Waals surface area (Å²) in [5.74, 6) is -0.773. The first-order chi connectivity index (χ1) is 14.2. The Balaban J connectivity index is 1.94. The summed E-state index contributed by atoms with van der Waals surface area (Å²) in [4.78, 5) is 22.1. The van der Waals surface area contributed by atoms with E-state index in [2.05, 4.69) is 9.97 Å². The van der Waals surface area contributed by atoms with E-state index in [9.17, 15) is 18.3 Å². The average molecular weight is 467 g/mol. The Hall–Kier alpha value is -2.62. The summed E-state index contributed by atoms with van der Waals surface area (Å²) in [6.07, 6.45) is 0.515. The van der Waals surface area contributed by atoms with E-state index in [0.717, 1.165) is 16.4 Å². The van der Waals surface area contributed by atoms with Crippen molar-refractivity contribution in [2.75, 3.05) is 29.3 Å². The topological polar surface area (TPSA) is 104 Å². The zero-order valence-electron chi connectivity index (χ0n) is 15.7. The van der Waals surface area contributed by atoms with E-state index in [-0.39, 0.29) is 32.9 Å². The summed E-state index contributed by atoms with van der Waals surface area (Å²) in [5, 5.41) is 9.03. The van der Waals surface area contributed by atoms with Crippen molar-refractivity contribution in [1.82, 2.24) is 9.97 Å². The summed E-state index contributed by atoms with van der Waals surface area (Å²) in [5.41, 5.74) is 0.830. The Labute approximate surface area is 182 Å². The molecule has 0 atom stereocenters. The molecule has 3 aromatic rings. The van der Waals surface area contributed by atoms with Crippen LogP contribution in [0, 0.1) is 0 Å². The molecular formula is C19H16Cl2N4O4S. The molecule has 0 unspecified atom stereocenters. The maximum absolute atomic E-state index is 13.6. The normalized spacial score (nSPS) is 14.5. The fourth-order valence-electron chi connectivity index (χ4n) is 3.31. The zero-order chi connectivity index (χ0) is 21.6. The first-order valence-electron chi connectivity index (χ1n) is 8.93. The number of benzene rings is 2. The Kier molecular flexibility index (Phi) is 5.21. The molecule has 1 N–H and O–H groups in total. The number of hydrogen-bond donors (Lipinski definition) is 1. The fraction of sp³-hybridized carbons (Fsp3) is 0.211. The van der Waals surface area contributed by atoms with E-state index in [1.54, 1.807) is 18.2 Å². The van der Waals surface area contributed by atoms with Gasteiger partial charge in [-0.05, 0) is 30.7 Å². The van der Waals surface area contributed by atoms with Crippen LogP contribution in [0.15, 0.2) is 41.3 Å². The Bertz CT molecular complexity index is 1280. The minimum absolute atomic E-state index is 0.133. The van der Waals surface area contributed by atoms with Crippen LogP contribution in [-0.4, -0.2) is 49.6 Å². The van der Waals surface area contributed by atoms with Gasteiger partial charge in [0.15, 0.2) is 11.6 Å². The third-order valence-corrected chi connectivity index (χ3v) is 7.37. The largest absolute Gasteiger partial charge is 0.478 e. The lowest BCUT2D eigenvalue weighted by Crippen LogP contribution is -2.33. The van der Waals surface area contributed by atoms with Crippen LogP contribution in [-0.2, 0) is 10.0 Å². The lowest BCUT2D eigenvalue weighted by Gasteiger charge is -2.24. The maximum atomic E-state index is 13.6. The molecule has 0 aliphatic carbocycles. The number of nitrogens with zero attached hydrogens (tertiary/aromatic N) is 4. The number of hydrogen-bond acceptors (Lipinski definition) is 6. The van der Waals surface area contributed by atoms with Gasteiger partial charge in [-0.15, -0.1) is 0 Å². The van der Waals surface area contributed by atoms with Crippen LogP contribution in [0.3, 0.4) is 0 Å². The van der Waals surface area contributed by atoms with Crippen molar-refractivity contribution < 1.29 is 18.3 Å². The van der Waals surface area contributed by atoms with Crippen molar-refractivity contribution in [3.8, 4) is 0 Å². The first-order valence-corrected chi connectivity index (χ1v) is 11.1. The summed E-state index contributed by atoms with van der Waals surface area (Å²) < 4.78 is 28.3. The fourth-order valence-corrected chi connectivity index (χ4v) is 5.60. The van der Waals surface area contributed by atoms with Gasteiger partial charge in [-0.25, -0.2) is 27.5 Å². The summed E-state index contributed by atoms with van der Waals surface area (Å²) in [6, 6.07) is 9.26. The number of aromatic nitrogens is 2. The van der Waals surface area contributed by atoms with E-state index >= 15 is 0 Å². The molecule has 0 saturated heterocycles. The highest BCUT2D eigenvalue weighted by Crippen LogP contribution is 2.37. The predicted molar refractivity (Wildman–Crippen MR) is 115 cm³/mol. The van der Waals surface area contributed by atoms with Gasteiger partial charge in [0.25, 0.3) is 10.0 Å². The molecule has 11 heteroatoms. The van der Waals surface area contributed by atoms with Crippen LogP contribution in [0.25, 0.3) is 11.0 Å². The lowest BCUT2D eigenvalue weighted by molar-refractivity contribution is 0.0697. The van der Waals surface area contributed by atoms with Gasteiger partial charge >= 0.3 is 5.97 Å². The molecule has 0 saturated carbocycles. The van der Waals surface area contributed by atoms with Crippen LogP contribution in [0.4, 0.5) is 11.6 Å². The zero-order valence-corrected chi connectivity index (χ0v) is 18.0. The first kappa shape index (κ1) is 20.6. The van der Waals surface area contributed by atoms with Crippen LogP contribution in [0.5, 0.6) is 0 Å². The molecule has 0 fully saturated rings. The summed E-state index contributed by atoms with van der Waals surface area (Å²) in [7, 11) is -2.43. The summed E-state index contributed by atoms with van der Waals surface area (Å²) in [6.45, 7) is 0.703. The SMILES string of the molecule is CN1CCCN(S(=O)(=O)c2cc(C(=O)O)c(Cl)cc2Cl)c2nc3ccccc3nc21. The smallest absolute Gasteiger partial charge is 0.337 e. The molecular weight excluding hydrogens is 451 g/mol. The van der Waals surface area contributed by atoms with Crippen molar-refractivity contribution in [3.05, 3.63) is 52.0 Å². The molecule has 156 valence electrons. The van der Waals surface area contributed by atoms with Crippen LogP contribution >= 0.6 is 23.2 Å². The van der Waals surface area contributed by atoms with Crippen molar-refractivity contribution >= 4 is 61.9 Å². The van der Waals surface area contributed by atoms with Crippen molar-refractivity contribution in [1.29, 1.82) is 0 Å². The van der Waals surface area contributed by atoms with E-state index in [0.29, 0.717) is 29.8 Å². The van der Waals surface area contributed by atoms with Gasteiger partial charge in [-0.3, -0.25) is 0 Å². The van der Waals surface area contributed by atoms with E-state index in [1.165, 1.54) is 0 Å². The minimum Gasteiger partial charge on any atom is -0.478 e. The lowest BCUT2D eigenvalue weighted by atomic mass is 10.2. The van der Waals surface area contributed by atoms with E-state index < -0.39 is 16.0 Å². The number of carboxylic acids is 1. The second-order valence-corrected chi connectivity index (χ2v) is 9.42. The molecule has 2 heterocycles. The molecule has 1 aliphatic rings. The number of carbonyl (C=O) groups is 1. The minimum atomic E-state index is -4.24. The molecule has 0 amide bonds. The van der Waals surface area contributed by atoms with Gasteiger partial charge in [0.05, 0.1) is 26.6 Å². The second kappa shape index (κ2) is 7.57. The number of fused-ring (bicyclic) bond motifs is 2. The van der Waals surface area contributed by atoms with Gasteiger partial charge < -0.3 is 10.0 Å². The number of carboxylic acid groups (broad SMARTS) is 1. The third kappa shape index (κ3) is 3.42. The molecule has 1 aromatic heterocycles. The number of rotatable bonds is 3. The molecule has 30 heavy (non-hydrogen) atoms. The van der Waals surface area contributed by atoms with E-state index in [4.69, 9.17) is 23.2 Å². The van der Waals surface area contributed by atoms with Gasteiger partial charge in [0.1, 0.15) is 4.90 Å². The highest BCUT2D eigenvalue weighted by molar-refractivity contribution is 7.93. The Morgan fingerprint density at radius 3 is 2.30 bits per heavy atom.